The maximum absolute atomic E-state index is 15.0. The first-order valence-corrected chi connectivity index (χ1v) is 10.3. The van der Waals surface area contributed by atoms with Gasteiger partial charge in [0.05, 0.1) is 32.0 Å². The molecule has 31 heavy (non-hydrogen) atoms. The van der Waals surface area contributed by atoms with Crippen LogP contribution in [0.15, 0.2) is 15.9 Å². The lowest BCUT2D eigenvalue weighted by Crippen LogP contribution is -2.44. The standard InChI is InChI=1S/C18H14ClF4N3O4S/c1-6-26-12-8(14(27)10(16(28)29)15(26)31-6)4-9(20)13(11(12)19)25-3-2-7(5-25)24-17(30)18(21,22)23/h4,6-7H,2-3,5H2,1H3,(H,24,30)(H,28,29)/t6?,7-/m0/s1. The Kier molecular flexibility index (Phi) is 5.12. The van der Waals surface area contributed by atoms with Gasteiger partial charge in [-0.15, -0.1) is 0 Å². The zero-order valence-electron chi connectivity index (χ0n) is 15.7. The van der Waals surface area contributed by atoms with Gasteiger partial charge in [-0.2, -0.15) is 13.2 Å². The number of nitrogens with zero attached hydrogens (tertiary/aromatic N) is 2. The molecule has 0 aliphatic carbocycles. The van der Waals surface area contributed by atoms with E-state index in [-0.39, 0.29) is 51.5 Å². The van der Waals surface area contributed by atoms with Gasteiger partial charge < -0.3 is 19.9 Å². The Bertz CT molecular complexity index is 1200. The molecule has 1 aromatic heterocycles. The van der Waals surface area contributed by atoms with Gasteiger partial charge in [-0.1, -0.05) is 23.4 Å². The predicted molar refractivity (Wildman–Crippen MR) is 106 cm³/mol. The van der Waals surface area contributed by atoms with E-state index in [0.29, 0.717) is 0 Å². The smallest absolute Gasteiger partial charge is 0.471 e. The molecule has 1 aromatic carbocycles. The lowest BCUT2D eigenvalue weighted by Gasteiger charge is -2.34. The average molecular weight is 480 g/mol. The largest absolute Gasteiger partial charge is 0.477 e. The third kappa shape index (κ3) is 3.41. The molecule has 7 nitrogen and oxygen atoms in total. The van der Waals surface area contributed by atoms with E-state index in [4.69, 9.17) is 11.6 Å². The van der Waals surface area contributed by atoms with Gasteiger partial charge in [0.2, 0.25) is 5.43 Å². The van der Waals surface area contributed by atoms with E-state index in [1.807, 2.05) is 5.32 Å². The first-order chi connectivity index (χ1) is 14.4. The summed E-state index contributed by atoms with van der Waals surface area (Å²) in [6.07, 6.45) is -4.89. The van der Waals surface area contributed by atoms with Crippen molar-refractivity contribution in [2.24, 2.45) is 0 Å². The number of pyridine rings is 1. The Morgan fingerprint density at radius 1 is 1.35 bits per heavy atom. The molecule has 13 heteroatoms. The molecule has 1 unspecified atom stereocenters. The van der Waals surface area contributed by atoms with Crippen molar-refractivity contribution in [2.45, 2.75) is 36.0 Å². The van der Waals surface area contributed by atoms with Gasteiger partial charge in [-0.3, -0.25) is 9.59 Å². The summed E-state index contributed by atoms with van der Waals surface area (Å²) in [4.78, 5) is 36.8. The maximum atomic E-state index is 15.0. The van der Waals surface area contributed by atoms with Crippen LogP contribution in [0.1, 0.15) is 29.1 Å². The molecule has 1 fully saturated rings. The zero-order chi connectivity index (χ0) is 22.8. The van der Waals surface area contributed by atoms with Crippen LogP contribution in [0.3, 0.4) is 0 Å². The number of fused-ring (bicyclic) bond motifs is 3. The molecule has 1 amide bonds. The lowest BCUT2D eigenvalue weighted by molar-refractivity contribution is -0.174. The SMILES string of the molecule is CC1Sc2c(C(=O)O)c(=O)c3cc(F)c(N4CC[C@H](NC(=O)C(F)(F)F)C4)c(Cl)c3n21. The fourth-order valence-corrected chi connectivity index (χ4v) is 5.46. The number of carboxylic acid groups (broad SMARTS) is 1. The van der Waals surface area contributed by atoms with Gasteiger partial charge in [-0.05, 0) is 19.4 Å². The Hall–Kier alpha value is -2.47. The molecular weight excluding hydrogens is 466 g/mol. The fourth-order valence-electron chi connectivity index (χ4n) is 3.92. The third-order valence-corrected chi connectivity index (χ3v) is 6.80. The van der Waals surface area contributed by atoms with Crippen molar-refractivity contribution in [1.29, 1.82) is 0 Å². The molecule has 0 saturated carbocycles. The first-order valence-electron chi connectivity index (χ1n) is 9.04. The lowest BCUT2D eigenvalue weighted by atomic mass is 10.1. The van der Waals surface area contributed by atoms with Crippen LogP contribution in [0.25, 0.3) is 10.9 Å². The molecule has 2 aromatic rings. The van der Waals surface area contributed by atoms with Gasteiger partial charge in [0.1, 0.15) is 11.4 Å². The number of nitrogens with one attached hydrogen (secondary N) is 1. The normalized spacial score (nSPS) is 20.5. The van der Waals surface area contributed by atoms with Crippen LogP contribution in [0, 0.1) is 5.82 Å². The molecular formula is C18H14ClF4N3O4S. The minimum atomic E-state index is -5.03. The maximum Gasteiger partial charge on any atom is 0.471 e. The minimum absolute atomic E-state index is 0.112. The molecule has 2 aliphatic rings. The number of alkyl halides is 3. The highest BCUT2D eigenvalue weighted by Gasteiger charge is 2.41. The van der Waals surface area contributed by atoms with E-state index in [1.54, 1.807) is 6.92 Å². The summed E-state index contributed by atoms with van der Waals surface area (Å²) in [5, 5.41) is 10.9. The van der Waals surface area contributed by atoms with E-state index in [0.717, 1.165) is 17.8 Å². The molecule has 2 aliphatic heterocycles. The average Bonchev–Trinajstić information content (AvgIpc) is 3.09. The van der Waals surface area contributed by atoms with E-state index in [1.165, 1.54) is 9.47 Å². The Labute approximate surface area is 180 Å². The predicted octanol–water partition coefficient (Wildman–Crippen LogP) is 3.37. The van der Waals surface area contributed by atoms with Crippen LogP contribution in [0.2, 0.25) is 5.02 Å². The number of carbonyl (C=O) groups is 2. The fraction of sp³-hybridized carbons (Fsp3) is 0.389. The van der Waals surface area contributed by atoms with Gasteiger partial charge in [0.15, 0.2) is 0 Å². The molecule has 1 saturated heterocycles. The number of rotatable bonds is 3. The van der Waals surface area contributed by atoms with Crippen LogP contribution in [-0.4, -0.2) is 46.9 Å². The number of aromatic carboxylic acids is 1. The molecule has 2 N–H and O–H groups in total. The van der Waals surface area contributed by atoms with Crippen LogP contribution in [-0.2, 0) is 4.79 Å². The number of benzene rings is 1. The van der Waals surface area contributed by atoms with Crippen LogP contribution >= 0.6 is 23.4 Å². The monoisotopic (exact) mass is 479 g/mol. The summed E-state index contributed by atoms with van der Waals surface area (Å²) in [5.41, 5.74) is -1.27. The van der Waals surface area contributed by atoms with Gasteiger partial charge in [-0.25, -0.2) is 9.18 Å². The highest BCUT2D eigenvalue weighted by molar-refractivity contribution is 8.00. The van der Waals surface area contributed by atoms with Crippen molar-refractivity contribution in [2.75, 3.05) is 18.0 Å². The summed E-state index contributed by atoms with van der Waals surface area (Å²) in [7, 11) is 0. The molecule has 166 valence electrons. The summed E-state index contributed by atoms with van der Waals surface area (Å²) in [6.45, 7) is 1.77. The van der Waals surface area contributed by atoms with E-state index < -0.39 is 40.9 Å². The second-order valence-corrected chi connectivity index (χ2v) is 8.90. The molecule has 3 heterocycles. The number of thioether (sulfide) groups is 1. The van der Waals surface area contributed by atoms with Crippen molar-refractivity contribution in [3.05, 3.63) is 32.7 Å². The molecule has 0 radical (unpaired) electrons. The van der Waals surface area contributed by atoms with Crippen molar-refractivity contribution < 1.29 is 32.3 Å². The van der Waals surface area contributed by atoms with E-state index >= 15 is 0 Å². The Morgan fingerprint density at radius 2 is 2.03 bits per heavy atom. The number of anilines is 1. The highest BCUT2D eigenvalue weighted by Crippen LogP contribution is 2.49. The number of hydrogen-bond acceptors (Lipinski definition) is 5. The quantitative estimate of drug-likeness (QED) is 0.656. The van der Waals surface area contributed by atoms with Crippen molar-refractivity contribution in [3.8, 4) is 0 Å². The minimum Gasteiger partial charge on any atom is -0.477 e. The Morgan fingerprint density at radius 3 is 2.61 bits per heavy atom. The molecule has 2 atom stereocenters. The number of hydrogen-bond donors (Lipinski definition) is 2. The van der Waals surface area contributed by atoms with Gasteiger partial charge in [0.25, 0.3) is 0 Å². The number of amides is 1. The second-order valence-electron chi connectivity index (χ2n) is 7.22. The summed E-state index contributed by atoms with van der Waals surface area (Å²) >= 11 is 7.63. The summed E-state index contributed by atoms with van der Waals surface area (Å²) in [6, 6.07) is 0.0328. The van der Waals surface area contributed by atoms with Crippen molar-refractivity contribution >= 4 is 51.8 Å². The number of halogens is 5. The van der Waals surface area contributed by atoms with E-state index in [2.05, 4.69) is 0 Å². The molecule has 0 spiro atoms. The summed E-state index contributed by atoms with van der Waals surface area (Å²) in [5.74, 6) is -4.42. The van der Waals surface area contributed by atoms with E-state index in [9.17, 15) is 37.1 Å². The first kappa shape index (κ1) is 21.8. The van der Waals surface area contributed by atoms with Gasteiger partial charge in [0, 0.05) is 19.1 Å². The topological polar surface area (TPSA) is 91.6 Å². The van der Waals surface area contributed by atoms with Crippen molar-refractivity contribution in [3.63, 3.8) is 0 Å². The second kappa shape index (κ2) is 7.30. The van der Waals surface area contributed by atoms with Crippen molar-refractivity contribution in [1.82, 2.24) is 9.88 Å². The zero-order valence-corrected chi connectivity index (χ0v) is 17.3. The number of aromatic nitrogens is 1. The van der Waals surface area contributed by atoms with Gasteiger partial charge >= 0.3 is 18.1 Å². The number of carbonyl (C=O) groups excluding carboxylic acids is 1. The molecule has 4 rings (SSSR count). The van der Waals surface area contributed by atoms with Crippen LogP contribution in [0.4, 0.5) is 23.2 Å². The molecule has 0 bridgehead atoms. The highest BCUT2D eigenvalue weighted by atomic mass is 35.5. The Balaban J connectivity index is 1.78. The summed E-state index contributed by atoms with van der Waals surface area (Å²) < 4.78 is 54.0. The van der Waals surface area contributed by atoms with Crippen LogP contribution in [0.5, 0.6) is 0 Å². The van der Waals surface area contributed by atoms with Crippen LogP contribution < -0.4 is 15.6 Å². The number of carboxylic acids is 1. The third-order valence-electron chi connectivity index (χ3n) is 5.27.